The van der Waals surface area contributed by atoms with Gasteiger partial charge in [-0.15, -0.1) is 11.3 Å². The van der Waals surface area contributed by atoms with Gasteiger partial charge in [-0.2, -0.15) is 0 Å². The van der Waals surface area contributed by atoms with Crippen LogP contribution in [0.2, 0.25) is 0 Å². The summed E-state index contributed by atoms with van der Waals surface area (Å²) in [6, 6.07) is 15.0. The maximum absolute atomic E-state index is 12.9. The Bertz CT molecular complexity index is 907. The van der Waals surface area contributed by atoms with E-state index in [1.807, 2.05) is 46.7 Å². The summed E-state index contributed by atoms with van der Waals surface area (Å²) in [5.74, 6) is 0.803. The van der Waals surface area contributed by atoms with Crippen molar-refractivity contribution in [2.75, 3.05) is 13.7 Å². The van der Waals surface area contributed by atoms with Crippen molar-refractivity contribution in [1.82, 2.24) is 10.2 Å². The average Bonchev–Trinajstić information content (AvgIpc) is 3.45. The molecule has 1 N–H and O–H groups in total. The molecule has 6 nitrogen and oxygen atoms in total. The first-order valence-electron chi connectivity index (χ1n) is 9.41. The van der Waals surface area contributed by atoms with Crippen molar-refractivity contribution in [2.24, 2.45) is 0 Å². The second-order valence-electron chi connectivity index (χ2n) is 6.48. The van der Waals surface area contributed by atoms with E-state index in [1.165, 1.54) is 6.26 Å². The Labute approximate surface area is 174 Å². The summed E-state index contributed by atoms with van der Waals surface area (Å²) in [7, 11) is 1.63. The zero-order valence-corrected chi connectivity index (χ0v) is 17.1. The number of rotatable bonds is 10. The number of benzene rings is 1. The van der Waals surface area contributed by atoms with Crippen LogP contribution >= 0.6 is 11.3 Å². The van der Waals surface area contributed by atoms with E-state index in [0.29, 0.717) is 32.5 Å². The van der Waals surface area contributed by atoms with Gasteiger partial charge in [0.05, 0.1) is 19.9 Å². The van der Waals surface area contributed by atoms with Crippen LogP contribution in [-0.4, -0.2) is 30.4 Å². The average molecular weight is 413 g/mol. The number of para-hydroxylation sites is 1. The lowest BCUT2D eigenvalue weighted by molar-refractivity contribution is -0.132. The standard InChI is InChI=1S/C22H24N2O4S/c1-27-19-9-3-2-7-17(19)15-24(16-18-8-6-14-29-18)21(25)11-4-12-23-22(26)20-10-5-13-28-20/h2-3,5-10,13-14H,4,11-12,15-16H2,1H3,(H,23,26). The van der Waals surface area contributed by atoms with E-state index in [9.17, 15) is 9.59 Å². The third kappa shape index (κ3) is 5.96. The second kappa shape index (κ2) is 10.5. The Morgan fingerprint density at radius 2 is 1.97 bits per heavy atom. The first-order valence-corrected chi connectivity index (χ1v) is 10.3. The monoisotopic (exact) mass is 412 g/mol. The zero-order valence-electron chi connectivity index (χ0n) is 16.3. The lowest BCUT2D eigenvalue weighted by atomic mass is 10.1. The van der Waals surface area contributed by atoms with Gasteiger partial charge in [-0.1, -0.05) is 24.3 Å². The van der Waals surface area contributed by atoms with Gasteiger partial charge in [0.2, 0.25) is 5.91 Å². The van der Waals surface area contributed by atoms with E-state index in [0.717, 1.165) is 16.2 Å². The number of thiophene rings is 1. The number of hydrogen-bond donors (Lipinski definition) is 1. The molecule has 29 heavy (non-hydrogen) atoms. The first kappa shape index (κ1) is 20.7. The highest BCUT2D eigenvalue weighted by Crippen LogP contribution is 2.22. The van der Waals surface area contributed by atoms with Crippen LogP contribution in [0, 0.1) is 0 Å². The molecule has 2 aromatic heterocycles. The molecular formula is C22H24N2O4S. The Morgan fingerprint density at radius 1 is 1.10 bits per heavy atom. The Hall–Kier alpha value is -3.06. The fourth-order valence-corrected chi connectivity index (χ4v) is 3.68. The molecule has 2 amide bonds. The summed E-state index contributed by atoms with van der Waals surface area (Å²) in [6.07, 6.45) is 2.36. The molecule has 0 fully saturated rings. The molecular weight excluding hydrogens is 388 g/mol. The van der Waals surface area contributed by atoms with E-state index >= 15 is 0 Å². The molecule has 0 radical (unpaired) electrons. The molecule has 2 heterocycles. The summed E-state index contributed by atoms with van der Waals surface area (Å²) in [5.41, 5.74) is 0.964. The normalized spacial score (nSPS) is 10.5. The van der Waals surface area contributed by atoms with Gasteiger partial charge in [-0.05, 0) is 36.1 Å². The largest absolute Gasteiger partial charge is 0.496 e. The first-order chi connectivity index (χ1) is 14.2. The van der Waals surface area contributed by atoms with Crippen molar-refractivity contribution in [1.29, 1.82) is 0 Å². The Morgan fingerprint density at radius 3 is 2.69 bits per heavy atom. The van der Waals surface area contributed by atoms with Crippen molar-refractivity contribution < 1.29 is 18.7 Å². The van der Waals surface area contributed by atoms with E-state index in [2.05, 4.69) is 5.32 Å². The van der Waals surface area contributed by atoms with Gasteiger partial charge in [-0.3, -0.25) is 9.59 Å². The molecule has 0 spiro atoms. The van der Waals surface area contributed by atoms with E-state index in [-0.39, 0.29) is 17.6 Å². The number of hydrogen-bond acceptors (Lipinski definition) is 5. The van der Waals surface area contributed by atoms with E-state index in [4.69, 9.17) is 9.15 Å². The van der Waals surface area contributed by atoms with Crippen LogP contribution in [0.1, 0.15) is 33.8 Å². The third-order valence-electron chi connectivity index (χ3n) is 4.43. The van der Waals surface area contributed by atoms with Gasteiger partial charge in [-0.25, -0.2) is 0 Å². The van der Waals surface area contributed by atoms with Crippen molar-refractivity contribution >= 4 is 23.2 Å². The Balaban J connectivity index is 1.57. The molecule has 0 atom stereocenters. The zero-order chi connectivity index (χ0) is 20.5. The number of amides is 2. The van der Waals surface area contributed by atoms with Crippen LogP contribution in [0.25, 0.3) is 0 Å². The van der Waals surface area contributed by atoms with E-state index in [1.54, 1.807) is 30.6 Å². The van der Waals surface area contributed by atoms with Gasteiger partial charge >= 0.3 is 0 Å². The van der Waals surface area contributed by atoms with Crippen molar-refractivity contribution in [3.63, 3.8) is 0 Å². The number of methoxy groups -OCH3 is 1. The predicted molar refractivity (Wildman–Crippen MR) is 112 cm³/mol. The summed E-state index contributed by atoms with van der Waals surface area (Å²) in [5, 5.41) is 4.78. The molecule has 3 aromatic rings. The molecule has 0 saturated heterocycles. The van der Waals surface area contributed by atoms with Crippen LogP contribution in [0.5, 0.6) is 5.75 Å². The fourth-order valence-electron chi connectivity index (χ4n) is 2.96. The fraction of sp³-hybridized carbons (Fsp3) is 0.273. The van der Waals surface area contributed by atoms with Crippen LogP contribution < -0.4 is 10.1 Å². The van der Waals surface area contributed by atoms with Gasteiger partial charge in [0, 0.05) is 30.0 Å². The minimum absolute atomic E-state index is 0.0385. The molecule has 0 bridgehead atoms. The summed E-state index contributed by atoms with van der Waals surface area (Å²) in [4.78, 5) is 27.8. The highest BCUT2D eigenvalue weighted by Gasteiger charge is 2.17. The number of nitrogens with one attached hydrogen (secondary N) is 1. The van der Waals surface area contributed by atoms with Crippen LogP contribution in [0.3, 0.4) is 0 Å². The summed E-state index contributed by atoms with van der Waals surface area (Å²) in [6.45, 7) is 1.43. The summed E-state index contributed by atoms with van der Waals surface area (Å²) < 4.78 is 10.5. The maximum atomic E-state index is 12.9. The molecule has 152 valence electrons. The lowest BCUT2D eigenvalue weighted by Crippen LogP contribution is -2.31. The van der Waals surface area contributed by atoms with Gasteiger partial charge < -0.3 is 19.4 Å². The summed E-state index contributed by atoms with van der Waals surface area (Å²) >= 11 is 1.63. The predicted octanol–water partition coefficient (Wildman–Crippen LogP) is 4.09. The molecule has 0 saturated carbocycles. The Kier molecular flexibility index (Phi) is 7.47. The van der Waals surface area contributed by atoms with Crippen LogP contribution in [0.15, 0.2) is 64.6 Å². The molecule has 0 aliphatic rings. The highest BCUT2D eigenvalue weighted by molar-refractivity contribution is 7.09. The van der Waals surface area contributed by atoms with Crippen molar-refractivity contribution in [3.8, 4) is 5.75 Å². The smallest absolute Gasteiger partial charge is 0.286 e. The number of furan rings is 1. The SMILES string of the molecule is COc1ccccc1CN(Cc1cccs1)C(=O)CCCNC(=O)c1ccco1. The molecule has 7 heteroatoms. The molecule has 3 rings (SSSR count). The quantitative estimate of drug-likeness (QED) is 0.509. The molecule has 0 unspecified atom stereocenters. The second-order valence-corrected chi connectivity index (χ2v) is 7.51. The third-order valence-corrected chi connectivity index (χ3v) is 5.29. The van der Waals surface area contributed by atoms with Crippen LogP contribution in [-0.2, 0) is 17.9 Å². The van der Waals surface area contributed by atoms with Crippen molar-refractivity contribution in [3.05, 3.63) is 76.4 Å². The molecule has 1 aromatic carbocycles. The number of carbonyl (C=O) groups excluding carboxylic acids is 2. The van der Waals surface area contributed by atoms with Gasteiger partial charge in [0.1, 0.15) is 5.75 Å². The number of carbonyl (C=O) groups is 2. The van der Waals surface area contributed by atoms with Crippen LogP contribution in [0.4, 0.5) is 0 Å². The number of nitrogens with zero attached hydrogens (tertiary/aromatic N) is 1. The highest BCUT2D eigenvalue weighted by atomic mass is 32.1. The minimum Gasteiger partial charge on any atom is -0.496 e. The van der Waals surface area contributed by atoms with E-state index < -0.39 is 0 Å². The van der Waals surface area contributed by atoms with Gasteiger partial charge in [0.15, 0.2) is 5.76 Å². The van der Waals surface area contributed by atoms with Crippen molar-refractivity contribution in [2.45, 2.75) is 25.9 Å². The lowest BCUT2D eigenvalue weighted by Gasteiger charge is -2.23. The molecule has 0 aliphatic carbocycles. The number of ether oxygens (including phenoxy) is 1. The minimum atomic E-state index is -0.271. The maximum Gasteiger partial charge on any atom is 0.286 e. The topological polar surface area (TPSA) is 71.8 Å². The van der Waals surface area contributed by atoms with Gasteiger partial charge in [0.25, 0.3) is 5.91 Å². The molecule has 0 aliphatic heterocycles.